The van der Waals surface area contributed by atoms with Crippen molar-refractivity contribution >= 4 is 28.1 Å². The van der Waals surface area contributed by atoms with Gasteiger partial charge in [0.1, 0.15) is 5.69 Å². The fraction of sp³-hybridized carbons (Fsp3) is 0.0588. The van der Waals surface area contributed by atoms with Gasteiger partial charge in [0.15, 0.2) is 11.5 Å². The molecule has 0 radical (unpaired) electrons. The first-order valence-electron chi connectivity index (χ1n) is 7.36. The molecular formula is C17H11N3O4S. The normalized spacial score (nSPS) is 11.0. The minimum absolute atomic E-state index is 0.0266. The largest absolute Gasteiger partial charge is 0.476 e. The molecule has 4 rings (SSSR count). The molecule has 0 fully saturated rings. The predicted octanol–water partition coefficient (Wildman–Crippen LogP) is 2.86. The minimum Gasteiger partial charge on any atom is -0.476 e. The van der Waals surface area contributed by atoms with Crippen molar-refractivity contribution in [3.63, 3.8) is 0 Å². The summed E-state index contributed by atoms with van der Waals surface area (Å²) in [6.07, 6.45) is 0. The summed E-state index contributed by atoms with van der Waals surface area (Å²) in [5.74, 6) is -0.596. The number of carboxylic acids is 1. The number of carboxylic acid groups (broad SMARTS) is 1. The molecule has 0 unspecified atom stereocenters. The Kier molecular flexibility index (Phi) is 3.66. The highest BCUT2D eigenvalue weighted by Crippen LogP contribution is 2.25. The second-order valence-corrected chi connectivity index (χ2v) is 6.27. The Morgan fingerprint density at radius 3 is 2.72 bits per heavy atom. The molecule has 0 aliphatic rings. The van der Waals surface area contributed by atoms with Crippen LogP contribution >= 0.6 is 11.3 Å². The number of hydrogen-bond acceptors (Lipinski definition) is 6. The lowest BCUT2D eigenvalue weighted by Gasteiger charge is -2.07. The first-order valence-corrected chi connectivity index (χ1v) is 8.24. The van der Waals surface area contributed by atoms with Gasteiger partial charge in [0.05, 0.1) is 16.8 Å². The van der Waals surface area contributed by atoms with Gasteiger partial charge in [-0.25, -0.2) is 9.48 Å². The SMILES string of the molecule is O=C(O)c1nn(Cc2cc(-c3cccs3)on2)c(=O)c2ccccc12. The maximum atomic E-state index is 12.6. The lowest BCUT2D eigenvalue weighted by atomic mass is 10.1. The zero-order valence-corrected chi connectivity index (χ0v) is 13.6. The van der Waals surface area contributed by atoms with Crippen LogP contribution in [0.25, 0.3) is 21.4 Å². The van der Waals surface area contributed by atoms with E-state index in [0.717, 1.165) is 9.56 Å². The first-order chi connectivity index (χ1) is 12.1. The number of aromatic carboxylic acids is 1. The highest BCUT2D eigenvalue weighted by molar-refractivity contribution is 7.13. The fourth-order valence-electron chi connectivity index (χ4n) is 2.57. The molecule has 1 N–H and O–H groups in total. The molecule has 0 saturated heterocycles. The van der Waals surface area contributed by atoms with Crippen LogP contribution < -0.4 is 5.56 Å². The number of benzene rings is 1. The van der Waals surface area contributed by atoms with E-state index in [-0.39, 0.29) is 17.8 Å². The molecule has 7 nitrogen and oxygen atoms in total. The second-order valence-electron chi connectivity index (χ2n) is 5.32. The summed E-state index contributed by atoms with van der Waals surface area (Å²) in [6.45, 7) is 0.0266. The summed E-state index contributed by atoms with van der Waals surface area (Å²) >= 11 is 1.51. The van der Waals surface area contributed by atoms with Gasteiger partial charge in [-0.05, 0) is 17.5 Å². The molecule has 4 aromatic rings. The number of thiophene rings is 1. The van der Waals surface area contributed by atoms with Gasteiger partial charge in [0.2, 0.25) is 0 Å². The molecule has 0 bridgehead atoms. The average molecular weight is 353 g/mol. The van der Waals surface area contributed by atoms with Crippen LogP contribution in [-0.4, -0.2) is 26.0 Å². The Morgan fingerprint density at radius 1 is 1.20 bits per heavy atom. The predicted molar refractivity (Wildman–Crippen MR) is 91.9 cm³/mol. The molecule has 0 saturated carbocycles. The van der Waals surface area contributed by atoms with E-state index < -0.39 is 5.97 Å². The van der Waals surface area contributed by atoms with E-state index in [4.69, 9.17) is 4.52 Å². The van der Waals surface area contributed by atoms with Crippen molar-refractivity contribution in [3.8, 4) is 10.6 Å². The van der Waals surface area contributed by atoms with Gasteiger partial charge in [-0.3, -0.25) is 4.79 Å². The number of nitrogens with zero attached hydrogens (tertiary/aromatic N) is 3. The quantitative estimate of drug-likeness (QED) is 0.606. The third-order valence-electron chi connectivity index (χ3n) is 3.71. The molecule has 0 atom stereocenters. The molecule has 3 heterocycles. The monoisotopic (exact) mass is 353 g/mol. The summed E-state index contributed by atoms with van der Waals surface area (Å²) in [4.78, 5) is 25.0. The van der Waals surface area contributed by atoms with Crippen molar-refractivity contribution in [2.24, 2.45) is 0 Å². The van der Waals surface area contributed by atoms with E-state index in [0.29, 0.717) is 22.2 Å². The van der Waals surface area contributed by atoms with Crippen LogP contribution in [0.4, 0.5) is 0 Å². The number of fused-ring (bicyclic) bond motifs is 1. The van der Waals surface area contributed by atoms with Crippen LogP contribution in [0.1, 0.15) is 16.2 Å². The van der Waals surface area contributed by atoms with Gasteiger partial charge in [-0.1, -0.05) is 29.4 Å². The number of carbonyl (C=O) groups is 1. The van der Waals surface area contributed by atoms with Crippen LogP contribution in [0, 0.1) is 0 Å². The Hall–Kier alpha value is -3.26. The molecule has 0 aliphatic carbocycles. The Labute approximate surface area is 144 Å². The van der Waals surface area contributed by atoms with Crippen molar-refractivity contribution < 1.29 is 14.4 Å². The van der Waals surface area contributed by atoms with Crippen LogP contribution in [0.5, 0.6) is 0 Å². The number of hydrogen-bond donors (Lipinski definition) is 1. The fourth-order valence-corrected chi connectivity index (χ4v) is 3.25. The second kappa shape index (κ2) is 5.99. The van der Waals surface area contributed by atoms with E-state index in [9.17, 15) is 14.7 Å². The smallest absolute Gasteiger partial charge is 0.357 e. The molecule has 0 amide bonds. The molecule has 3 aromatic heterocycles. The third-order valence-corrected chi connectivity index (χ3v) is 4.59. The Morgan fingerprint density at radius 2 is 2.00 bits per heavy atom. The van der Waals surface area contributed by atoms with E-state index in [2.05, 4.69) is 10.3 Å². The van der Waals surface area contributed by atoms with E-state index in [1.165, 1.54) is 11.3 Å². The molecule has 0 aliphatic heterocycles. The lowest BCUT2D eigenvalue weighted by Crippen LogP contribution is -2.26. The summed E-state index contributed by atoms with van der Waals surface area (Å²) in [7, 11) is 0. The Bertz CT molecular complexity index is 1130. The summed E-state index contributed by atoms with van der Waals surface area (Å²) in [5, 5.41) is 19.9. The van der Waals surface area contributed by atoms with Crippen molar-refractivity contribution in [3.05, 3.63) is 69.6 Å². The number of rotatable bonds is 4. The van der Waals surface area contributed by atoms with Gasteiger partial charge in [0, 0.05) is 11.5 Å². The van der Waals surface area contributed by atoms with Crippen LogP contribution in [0.2, 0.25) is 0 Å². The van der Waals surface area contributed by atoms with Gasteiger partial charge in [0.25, 0.3) is 5.56 Å². The van der Waals surface area contributed by atoms with E-state index in [1.54, 1.807) is 30.3 Å². The van der Waals surface area contributed by atoms with Crippen molar-refractivity contribution in [1.29, 1.82) is 0 Å². The van der Waals surface area contributed by atoms with Gasteiger partial charge in [-0.2, -0.15) is 5.10 Å². The molecule has 25 heavy (non-hydrogen) atoms. The highest BCUT2D eigenvalue weighted by atomic mass is 32.1. The van der Waals surface area contributed by atoms with Gasteiger partial charge < -0.3 is 9.63 Å². The zero-order valence-electron chi connectivity index (χ0n) is 12.7. The molecule has 124 valence electrons. The van der Waals surface area contributed by atoms with Crippen molar-refractivity contribution in [2.45, 2.75) is 6.54 Å². The topological polar surface area (TPSA) is 98.2 Å². The lowest BCUT2D eigenvalue weighted by molar-refractivity contribution is 0.0690. The van der Waals surface area contributed by atoms with Crippen LogP contribution in [-0.2, 0) is 6.54 Å². The molecule has 0 spiro atoms. The molecule has 8 heteroatoms. The first kappa shape index (κ1) is 15.3. The maximum Gasteiger partial charge on any atom is 0.357 e. The van der Waals surface area contributed by atoms with Gasteiger partial charge in [-0.15, -0.1) is 11.3 Å². The number of aromatic nitrogens is 3. The average Bonchev–Trinajstić information content (AvgIpc) is 3.28. The molecular weight excluding hydrogens is 342 g/mol. The van der Waals surface area contributed by atoms with Gasteiger partial charge >= 0.3 is 5.97 Å². The maximum absolute atomic E-state index is 12.6. The molecule has 1 aromatic carbocycles. The zero-order chi connectivity index (χ0) is 17.4. The van der Waals surface area contributed by atoms with E-state index >= 15 is 0 Å². The van der Waals surface area contributed by atoms with Crippen LogP contribution in [0.15, 0.2) is 57.2 Å². The van der Waals surface area contributed by atoms with E-state index in [1.807, 2.05) is 17.5 Å². The third kappa shape index (κ3) is 2.72. The van der Waals surface area contributed by atoms with Crippen molar-refractivity contribution in [2.75, 3.05) is 0 Å². The van der Waals surface area contributed by atoms with Crippen molar-refractivity contribution in [1.82, 2.24) is 14.9 Å². The summed E-state index contributed by atoms with van der Waals surface area (Å²) in [6, 6.07) is 12.0. The summed E-state index contributed by atoms with van der Waals surface area (Å²) < 4.78 is 6.39. The standard InChI is InChI=1S/C17H11N3O4S/c21-16-12-5-2-1-4-11(12)15(17(22)23)18-20(16)9-10-8-13(24-19-10)14-6-3-7-25-14/h1-8H,9H2,(H,22,23). The Balaban J connectivity index is 1.78. The highest BCUT2D eigenvalue weighted by Gasteiger charge is 2.17. The minimum atomic E-state index is -1.19. The summed E-state index contributed by atoms with van der Waals surface area (Å²) in [5.41, 5.74) is -0.0527. The van der Waals surface area contributed by atoms with Crippen LogP contribution in [0.3, 0.4) is 0 Å².